The van der Waals surface area contributed by atoms with E-state index in [9.17, 15) is 23.1 Å². The van der Waals surface area contributed by atoms with Crippen LogP contribution in [0.5, 0.6) is 17.2 Å². The van der Waals surface area contributed by atoms with Crippen molar-refractivity contribution in [1.82, 2.24) is 0 Å². The molecule has 0 radical (unpaired) electrons. The number of carbonyl (C=O) groups excluding carboxylic acids is 1. The minimum atomic E-state index is -3.83. The van der Waals surface area contributed by atoms with Crippen LogP contribution >= 0.6 is 0 Å². The summed E-state index contributed by atoms with van der Waals surface area (Å²) in [5.74, 6) is -0.368. The fourth-order valence-corrected chi connectivity index (χ4v) is 4.98. The number of benzene rings is 4. The molecule has 0 aromatic heterocycles. The minimum Gasteiger partial charge on any atom is -0.494 e. The minimum absolute atomic E-state index is 0.0951. The number of hydrogen-bond acceptors (Lipinski definition) is 6. The maximum absolute atomic E-state index is 12.8. The number of sulfonamides is 1. The Bertz CT molecular complexity index is 1610. The molecule has 0 aliphatic carbocycles. The molecule has 10 heteroatoms. The van der Waals surface area contributed by atoms with Gasteiger partial charge < -0.3 is 19.5 Å². The molecule has 1 amide bonds. The van der Waals surface area contributed by atoms with E-state index in [2.05, 4.69) is 11.6 Å². The Morgan fingerprint density at radius 3 is 2.12 bits per heavy atom. The third-order valence-electron chi connectivity index (χ3n) is 6.13. The Morgan fingerprint density at radius 1 is 0.854 bits per heavy atom. The van der Waals surface area contributed by atoms with Crippen LogP contribution in [0.15, 0.2) is 102 Å². The zero-order valence-corrected chi connectivity index (χ0v) is 23.4. The van der Waals surface area contributed by atoms with Crippen molar-refractivity contribution in [3.63, 3.8) is 0 Å². The average molecular weight is 575 g/mol. The molecule has 0 unspecified atom stereocenters. The fraction of sp³-hybridized carbons (Fsp3) is 0.161. The Kier molecular flexibility index (Phi) is 9.26. The first kappa shape index (κ1) is 29.2. The molecule has 0 saturated carbocycles. The van der Waals surface area contributed by atoms with Gasteiger partial charge in [0.15, 0.2) is 0 Å². The third kappa shape index (κ3) is 7.43. The van der Waals surface area contributed by atoms with Gasteiger partial charge in [-0.3, -0.25) is 9.52 Å². The van der Waals surface area contributed by atoms with Crippen LogP contribution in [-0.2, 0) is 10.0 Å². The van der Waals surface area contributed by atoms with Gasteiger partial charge in [-0.2, -0.15) is 0 Å². The molecule has 0 fully saturated rings. The van der Waals surface area contributed by atoms with Crippen molar-refractivity contribution < 1.29 is 32.6 Å². The molecule has 0 bridgehead atoms. The highest BCUT2D eigenvalue weighted by molar-refractivity contribution is 7.92. The molecule has 0 saturated heterocycles. The molecule has 0 atom stereocenters. The van der Waals surface area contributed by atoms with E-state index in [0.717, 1.165) is 12.8 Å². The molecular weight excluding hydrogens is 544 g/mol. The molecule has 0 aliphatic heterocycles. The van der Waals surface area contributed by atoms with Gasteiger partial charge in [0.25, 0.3) is 15.9 Å². The Hall–Kier alpha value is -4.83. The number of carboxylic acids is 1. The molecule has 0 aliphatic rings. The number of nitrogens with one attached hydrogen (secondary N) is 1. The molecular formula is C31H30N2O7S. The summed E-state index contributed by atoms with van der Waals surface area (Å²) in [7, 11) is -2.32. The van der Waals surface area contributed by atoms with E-state index in [1.54, 1.807) is 60.7 Å². The Morgan fingerprint density at radius 2 is 1.49 bits per heavy atom. The van der Waals surface area contributed by atoms with E-state index >= 15 is 0 Å². The largest absolute Gasteiger partial charge is 0.494 e. The number of carbonyl (C=O) groups is 2. The number of carboxylic acid groups (broad SMARTS) is 1. The van der Waals surface area contributed by atoms with Crippen LogP contribution in [0.4, 0.5) is 11.4 Å². The normalized spacial score (nSPS) is 11.0. The van der Waals surface area contributed by atoms with Crippen molar-refractivity contribution in [3.8, 4) is 17.2 Å². The maximum Gasteiger partial charge on any atom is 0.337 e. The Labute approximate surface area is 239 Å². The lowest BCUT2D eigenvalue weighted by molar-refractivity contribution is 0.0697. The summed E-state index contributed by atoms with van der Waals surface area (Å²) in [6.45, 7) is 2.63. The molecule has 212 valence electrons. The molecule has 41 heavy (non-hydrogen) atoms. The van der Waals surface area contributed by atoms with E-state index in [0.29, 0.717) is 29.4 Å². The number of amides is 1. The van der Waals surface area contributed by atoms with Crippen molar-refractivity contribution in [2.24, 2.45) is 0 Å². The average Bonchev–Trinajstić information content (AvgIpc) is 2.98. The van der Waals surface area contributed by atoms with E-state index in [4.69, 9.17) is 9.47 Å². The SMILES string of the molecule is CCCCOc1ccc(S(=O)(=O)Nc2ccc(Oc3ccc(N(C)C(=O)c4ccccc4)c(C(=O)O)c3)cc2)cc1. The monoisotopic (exact) mass is 574 g/mol. The number of aromatic carboxylic acids is 1. The first-order valence-corrected chi connectivity index (χ1v) is 14.4. The van der Waals surface area contributed by atoms with Crippen molar-refractivity contribution in [3.05, 3.63) is 108 Å². The number of unbranched alkanes of at least 4 members (excludes halogenated alkanes) is 1. The molecule has 0 spiro atoms. The van der Waals surface area contributed by atoms with Crippen LogP contribution in [0.25, 0.3) is 0 Å². The summed E-state index contributed by atoms with van der Waals surface area (Å²) in [4.78, 5) is 26.2. The highest BCUT2D eigenvalue weighted by Gasteiger charge is 2.21. The molecule has 4 aromatic carbocycles. The summed E-state index contributed by atoms with van der Waals surface area (Å²) < 4.78 is 39.5. The lowest BCUT2D eigenvalue weighted by Crippen LogP contribution is -2.27. The summed E-state index contributed by atoms with van der Waals surface area (Å²) in [5.41, 5.74) is 0.850. The molecule has 4 rings (SSSR count). The summed E-state index contributed by atoms with van der Waals surface area (Å²) in [6.07, 6.45) is 1.92. The fourth-order valence-electron chi connectivity index (χ4n) is 3.92. The number of hydrogen-bond donors (Lipinski definition) is 2. The van der Waals surface area contributed by atoms with Crippen LogP contribution in [0, 0.1) is 0 Å². The van der Waals surface area contributed by atoms with E-state index in [-0.39, 0.29) is 27.8 Å². The standard InChI is InChI=1S/C31H30N2O7S/c1-3-4-20-39-24-14-17-27(18-15-24)41(37,38)32-23-10-12-25(13-11-23)40-26-16-19-29(28(21-26)31(35)36)33(2)30(34)22-8-6-5-7-9-22/h5-19,21,32H,3-4,20H2,1-2H3,(H,35,36). The third-order valence-corrected chi connectivity index (χ3v) is 7.53. The number of nitrogens with zero attached hydrogens (tertiary/aromatic N) is 1. The van der Waals surface area contributed by atoms with Gasteiger partial charge in [-0.05, 0) is 85.3 Å². The van der Waals surface area contributed by atoms with Gasteiger partial charge in [-0.1, -0.05) is 31.5 Å². The quantitative estimate of drug-likeness (QED) is 0.187. The van der Waals surface area contributed by atoms with E-state index < -0.39 is 16.0 Å². The zero-order valence-electron chi connectivity index (χ0n) is 22.6. The second-order valence-electron chi connectivity index (χ2n) is 9.12. The highest BCUT2D eigenvalue weighted by Crippen LogP contribution is 2.30. The van der Waals surface area contributed by atoms with Gasteiger partial charge in [0.2, 0.25) is 0 Å². The Balaban J connectivity index is 1.44. The lowest BCUT2D eigenvalue weighted by atomic mass is 10.1. The summed E-state index contributed by atoms with van der Waals surface area (Å²) >= 11 is 0. The lowest BCUT2D eigenvalue weighted by Gasteiger charge is -2.20. The molecule has 0 heterocycles. The predicted octanol–water partition coefficient (Wildman–Crippen LogP) is 6.43. The smallest absolute Gasteiger partial charge is 0.337 e. The van der Waals surface area contributed by atoms with Gasteiger partial charge >= 0.3 is 5.97 Å². The van der Waals surface area contributed by atoms with Crippen LogP contribution in [0.3, 0.4) is 0 Å². The molecule has 2 N–H and O–H groups in total. The second-order valence-corrected chi connectivity index (χ2v) is 10.8. The first-order valence-electron chi connectivity index (χ1n) is 12.9. The second kappa shape index (κ2) is 13.0. The van der Waals surface area contributed by atoms with Gasteiger partial charge in [0, 0.05) is 18.3 Å². The predicted molar refractivity (Wildman–Crippen MR) is 157 cm³/mol. The van der Waals surface area contributed by atoms with Gasteiger partial charge in [-0.25, -0.2) is 13.2 Å². The van der Waals surface area contributed by atoms with Crippen molar-refractivity contribution in [1.29, 1.82) is 0 Å². The van der Waals surface area contributed by atoms with Gasteiger partial charge in [0.1, 0.15) is 17.2 Å². The maximum atomic E-state index is 12.8. The highest BCUT2D eigenvalue weighted by atomic mass is 32.2. The number of anilines is 2. The number of rotatable bonds is 12. The van der Waals surface area contributed by atoms with Crippen LogP contribution < -0.4 is 19.1 Å². The van der Waals surface area contributed by atoms with Crippen LogP contribution in [0.2, 0.25) is 0 Å². The summed E-state index contributed by atoms with van der Waals surface area (Å²) in [6, 6.07) is 25.3. The van der Waals surface area contributed by atoms with Crippen molar-refractivity contribution in [2.45, 2.75) is 24.7 Å². The van der Waals surface area contributed by atoms with E-state index in [1.165, 1.54) is 48.3 Å². The van der Waals surface area contributed by atoms with E-state index in [1.807, 2.05) is 0 Å². The van der Waals surface area contributed by atoms with Crippen LogP contribution in [-0.4, -0.2) is 39.1 Å². The van der Waals surface area contributed by atoms with Gasteiger partial charge in [-0.15, -0.1) is 0 Å². The van der Waals surface area contributed by atoms with Gasteiger partial charge in [0.05, 0.1) is 22.8 Å². The van der Waals surface area contributed by atoms with Crippen LogP contribution in [0.1, 0.15) is 40.5 Å². The van der Waals surface area contributed by atoms with Crippen molar-refractivity contribution in [2.75, 3.05) is 23.3 Å². The topological polar surface area (TPSA) is 122 Å². The summed E-state index contributed by atoms with van der Waals surface area (Å²) in [5, 5.41) is 9.79. The first-order chi connectivity index (χ1) is 19.7. The molecule has 9 nitrogen and oxygen atoms in total. The number of ether oxygens (including phenoxy) is 2. The van der Waals surface area contributed by atoms with Crippen molar-refractivity contribution >= 4 is 33.3 Å². The zero-order chi connectivity index (χ0) is 29.4. The molecule has 4 aromatic rings.